The zero-order chi connectivity index (χ0) is 21.4. The summed E-state index contributed by atoms with van der Waals surface area (Å²) in [5, 5.41) is -0.430. The molecule has 2 rings (SSSR count). The molecule has 2 aromatic carbocycles. The minimum Gasteiger partial charge on any atom is -0.282 e. The van der Waals surface area contributed by atoms with Crippen LogP contribution in [0, 0.1) is 0 Å². The van der Waals surface area contributed by atoms with Crippen molar-refractivity contribution in [2.45, 2.75) is 14.7 Å². The minimum absolute atomic E-state index is 0.192. The van der Waals surface area contributed by atoms with Crippen LogP contribution in [0.5, 0.6) is 0 Å². The van der Waals surface area contributed by atoms with E-state index in [9.17, 15) is 25.3 Å². The van der Waals surface area contributed by atoms with Gasteiger partial charge in [0.15, 0.2) is 0 Å². The second kappa shape index (κ2) is 7.37. The van der Waals surface area contributed by atoms with Gasteiger partial charge < -0.3 is 0 Å². The summed E-state index contributed by atoms with van der Waals surface area (Å²) in [4.78, 5) is -2.31. The zero-order valence-corrected chi connectivity index (χ0v) is 15.8. The molecule has 0 saturated carbocycles. The van der Waals surface area contributed by atoms with Crippen molar-refractivity contribution in [1.82, 2.24) is 0 Å². The van der Waals surface area contributed by atoms with E-state index in [1.165, 1.54) is 0 Å². The van der Waals surface area contributed by atoms with Crippen molar-refractivity contribution in [2.24, 2.45) is 0 Å². The molecule has 27 heavy (non-hydrogen) atoms. The van der Waals surface area contributed by atoms with E-state index in [0.717, 1.165) is 24.3 Å². The minimum atomic E-state index is -4.85. The van der Waals surface area contributed by atoms with Gasteiger partial charge in [-0.1, -0.05) is 6.07 Å². The Morgan fingerprint density at radius 1 is 0.556 bits per heavy atom. The molecule has 0 fully saturated rings. The lowest BCUT2D eigenvalue weighted by molar-refractivity contribution is 0.380. The Hall–Kier alpha value is -1.70. The Balaban J connectivity index is 0.000000646. The molecule has 0 aliphatic rings. The summed E-state index contributed by atoms with van der Waals surface area (Å²) in [6.45, 7) is 0. The SMILES string of the molecule is O=S(=O)(O)O.O=S(=O)(O)c1ccc2c(S(=O)(=O)O)cc(S(=O)(=O)O)cc2c1. The van der Waals surface area contributed by atoms with E-state index in [2.05, 4.69) is 0 Å². The predicted molar refractivity (Wildman–Crippen MR) is 87.6 cm³/mol. The van der Waals surface area contributed by atoms with Crippen LogP contribution in [0.3, 0.4) is 0 Å². The molecule has 0 amide bonds. The topological polar surface area (TPSA) is 238 Å². The second-order valence-electron chi connectivity index (χ2n) is 4.68. The summed E-state index contributed by atoms with van der Waals surface area (Å²) < 4.78 is 126. The van der Waals surface area contributed by atoms with Crippen LogP contribution >= 0.6 is 0 Å². The highest BCUT2D eigenvalue weighted by Gasteiger charge is 2.21. The van der Waals surface area contributed by atoms with Crippen molar-refractivity contribution in [3.8, 4) is 0 Å². The third kappa shape index (κ3) is 7.08. The fraction of sp³-hybridized carbons (Fsp3) is 0. The molecule has 0 atom stereocenters. The Labute approximate surface area is 153 Å². The lowest BCUT2D eigenvalue weighted by Gasteiger charge is -2.08. The number of hydrogen-bond acceptors (Lipinski definition) is 8. The van der Waals surface area contributed by atoms with Gasteiger partial charge in [0, 0.05) is 5.39 Å². The number of rotatable bonds is 3. The van der Waals surface area contributed by atoms with Crippen molar-refractivity contribution in [3.63, 3.8) is 0 Å². The van der Waals surface area contributed by atoms with E-state index in [4.69, 9.17) is 31.2 Å². The van der Waals surface area contributed by atoms with Gasteiger partial charge >= 0.3 is 10.4 Å². The molecular weight excluding hydrogens is 456 g/mol. The molecule has 0 bridgehead atoms. The highest BCUT2D eigenvalue weighted by Crippen LogP contribution is 2.29. The average molecular weight is 466 g/mol. The third-order valence-electron chi connectivity index (χ3n) is 2.73. The van der Waals surface area contributed by atoms with Crippen LogP contribution in [0.25, 0.3) is 10.8 Å². The Kier molecular flexibility index (Phi) is 6.37. The first-order valence-electron chi connectivity index (χ1n) is 6.00. The normalized spacial score (nSPS) is 13.1. The predicted octanol–water partition coefficient (Wildman–Crippen LogP) is -0.0729. The van der Waals surface area contributed by atoms with Gasteiger partial charge in [0.25, 0.3) is 30.4 Å². The Morgan fingerprint density at radius 2 is 0.963 bits per heavy atom. The van der Waals surface area contributed by atoms with E-state index < -0.39 is 55.4 Å². The summed E-state index contributed by atoms with van der Waals surface area (Å²) in [5.74, 6) is 0. The van der Waals surface area contributed by atoms with Crippen LogP contribution in [0.4, 0.5) is 0 Å². The molecule has 0 spiro atoms. The fourth-order valence-electron chi connectivity index (χ4n) is 1.81. The first-order chi connectivity index (χ1) is 11.8. The maximum atomic E-state index is 11.3. The highest BCUT2D eigenvalue weighted by atomic mass is 32.3. The van der Waals surface area contributed by atoms with Crippen molar-refractivity contribution in [2.75, 3.05) is 0 Å². The summed E-state index contributed by atoms with van der Waals surface area (Å²) in [6, 6.07) is 3.97. The quantitative estimate of drug-likeness (QED) is 0.373. The van der Waals surface area contributed by atoms with Gasteiger partial charge in [0.05, 0.1) is 9.79 Å². The second-order valence-corrected chi connectivity index (χ2v) is 9.81. The first-order valence-corrected chi connectivity index (χ1v) is 11.7. The van der Waals surface area contributed by atoms with Gasteiger partial charge in [-0.25, -0.2) is 0 Å². The third-order valence-corrected chi connectivity index (χ3v) is 5.31. The molecule has 0 saturated heterocycles. The molecule has 17 heteroatoms. The number of benzene rings is 2. The lowest BCUT2D eigenvalue weighted by Crippen LogP contribution is -2.05. The van der Waals surface area contributed by atoms with E-state index >= 15 is 0 Å². The molecule has 0 aliphatic carbocycles. The van der Waals surface area contributed by atoms with E-state index in [-0.39, 0.29) is 10.8 Å². The van der Waals surface area contributed by atoms with E-state index in [1.807, 2.05) is 0 Å². The summed E-state index contributed by atoms with van der Waals surface area (Å²) >= 11 is 0. The molecule has 0 unspecified atom stereocenters. The van der Waals surface area contributed by atoms with E-state index in [1.54, 1.807) is 0 Å². The smallest absolute Gasteiger partial charge is 0.282 e. The molecule has 0 heterocycles. The largest absolute Gasteiger partial charge is 0.394 e. The Morgan fingerprint density at radius 3 is 1.33 bits per heavy atom. The lowest BCUT2D eigenvalue weighted by atomic mass is 10.1. The van der Waals surface area contributed by atoms with Gasteiger partial charge in [0.2, 0.25) is 0 Å². The number of hydrogen-bond donors (Lipinski definition) is 5. The van der Waals surface area contributed by atoms with Gasteiger partial charge in [-0.3, -0.25) is 22.8 Å². The first kappa shape index (κ1) is 23.3. The zero-order valence-electron chi connectivity index (χ0n) is 12.5. The molecule has 5 N–H and O–H groups in total. The van der Waals surface area contributed by atoms with Gasteiger partial charge in [-0.2, -0.15) is 33.7 Å². The summed E-state index contributed by atoms with van der Waals surface area (Å²) in [7, 11) is -18.9. The van der Waals surface area contributed by atoms with Crippen LogP contribution < -0.4 is 0 Å². The van der Waals surface area contributed by atoms with Crippen molar-refractivity contribution >= 4 is 51.5 Å². The average Bonchev–Trinajstić information content (AvgIpc) is 2.40. The standard InChI is InChI=1S/C10H8O9S3.H2O4S/c11-20(12,13)7-1-2-9-6(3-7)4-8(21(14,15)16)5-10(9)22(17,18)19;1-5(2,3)4/h1-5H,(H,11,12,13)(H,14,15,16)(H,17,18,19);(H2,1,2,3,4). The van der Waals surface area contributed by atoms with Crippen molar-refractivity contribution in [3.05, 3.63) is 30.3 Å². The molecule has 0 aromatic heterocycles. The molecule has 2 aromatic rings. The molecule has 0 radical (unpaired) electrons. The number of fused-ring (bicyclic) bond motifs is 1. The summed E-state index contributed by atoms with van der Waals surface area (Å²) in [6.07, 6.45) is 0. The van der Waals surface area contributed by atoms with Gasteiger partial charge in [-0.15, -0.1) is 0 Å². The molecule has 0 aliphatic heterocycles. The Bertz CT molecular complexity index is 1290. The van der Waals surface area contributed by atoms with Crippen LogP contribution in [0.15, 0.2) is 45.0 Å². The van der Waals surface area contributed by atoms with Crippen molar-refractivity contribution in [1.29, 1.82) is 0 Å². The van der Waals surface area contributed by atoms with Crippen LogP contribution in [-0.2, 0) is 40.8 Å². The molecule has 13 nitrogen and oxygen atoms in total. The van der Waals surface area contributed by atoms with Gasteiger partial charge in [-0.05, 0) is 29.7 Å². The maximum absolute atomic E-state index is 11.3. The van der Waals surface area contributed by atoms with Crippen molar-refractivity contribution < 1.29 is 56.4 Å². The monoisotopic (exact) mass is 466 g/mol. The highest BCUT2D eigenvalue weighted by molar-refractivity contribution is 7.87. The van der Waals surface area contributed by atoms with Crippen LogP contribution in [0.1, 0.15) is 0 Å². The fourth-order valence-corrected chi connectivity index (χ4v) is 3.68. The van der Waals surface area contributed by atoms with Crippen LogP contribution in [-0.4, -0.2) is 56.4 Å². The summed E-state index contributed by atoms with van der Waals surface area (Å²) in [5.41, 5.74) is 0. The van der Waals surface area contributed by atoms with Crippen LogP contribution in [0.2, 0.25) is 0 Å². The molecular formula is C10H10O13S4. The molecule has 152 valence electrons. The van der Waals surface area contributed by atoms with E-state index in [0.29, 0.717) is 6.07 Å². The maximum Gasteiger partial charge on any atom is 0.394 e. The van der Waals surface area contributed by atoms with Gasteiger partial charge in [0.1, 0.15) is 4.90 Å².